The van der Waals surface area contributed by atoms with Gasteiger partial charge in [-0.2, -0.15) is 0 Å². The molecule has 0 saturated carbocycles. The number of halogens is 1. The minimum atomic E-state index is -0.639. The third-order valence-electron chi connectivity index (χ3n) is 3.15. The van der Waals surface area contributed by atoms with E-state index < -0.39 is 6.10 Å². The van der Waals surface area contributed by atoms with Gasteiger partial charge in [0.2, 0.25) is 0 Å². The van der Waals surface area contributed by atoms with Gasteiger partial charge in [0, 0.05) is 7.11 Å². The number of hydrogen-bond acceptors (Lipinski definition) is 2. The lowest BCUT2D eigenvalue weighted by Crippen LogP contribution is -2.23. The molecule has 1 aromatic rings. The molecule has 0 bridgehead atoms. The Morgan fingerprint density at radius 3 is 2.59 bits per heavy atom. The van der Waals surface area contributed by atoms with E-state index in [1.807, 2.05) is 13.8 Å². The average Bonchev–Trinajstić information content (AvgIpc) is 2.30. The molecule has 0 aliphatic carbocycles. The van der Waals surface area contributed by atoms with Crippen LogP contribution in [0.5, 0.6) is 0 Å². The van der Waals surface area contributed by atoms with Gasteiger partial charge in [-0.25, -0.2) is 4.39 Å². The molecule has 96 valence electrons. The highest BCUT2D eigenvalue weighted by atomic mass is 19.1. The molecule has 2 nitrogen and oxygen atoms in total. The molecule has 0 amide bonds. The fourth-order valence-corrected chi connectivity index (χ4v) is 1.57. The Labute approximate surface area is 102 Å². The standard InChI is InChI=1S/C14H21FO2/c1-10-5-6-11(9-12(10)15)13(16)7-8-14(2,3)17-4/h5-6,9,13,16H,7-8H2,1-4H3. The molecule has 0 aromatic heterocycles. The Balaban J connectivity index is 2.64. The van der Waals surface area contributed by atoms with Crippen LogP contribution in [0.1, 0.15) is 43.9 Å². The summed E-state index contributed by atoms with van der Waals surface area (Å²) in [4.78, 5) is 0. The van der Waals surface area contributed by atoms with Crippen LogP contribution in [0.2, 0.25) is 0 Å². The minimum absolute atomic E-state index is 0.260. The van der Waals surface area contributed by atoms with Crippen LogP contribution in [-0.2, 0) is 4.74 Å². The number of ether oxygens (including phenoxy) is 1. The number of hydrogen-bond donors (Lipinski definition) is 1. The van der Waals surface area contributed by atoms with Gasteiger partial charge >= 0.3 is 0 Å². The lowest BCUT2D eigenvalue weighted by Gasteiger charge is -2.24. The van der Waals surface area contributed by atoms with Crippen molar-refractivity contribution in [2.45, 2.75) is 45.3 Å². The summed E-state index contributed by atoms with van der Waals surface area (Å²) in [6, 6.07) is 4.86. The van der Waals surface area contributed by atoms with Crippen LogP contribution < -0.4 is 0 Å². The Morgan fingerprint density at radius 2 is 2.06 bits per heavy atom. The molecule has 1 atom stereocenters. The molecule has 0 heterocycles. The third kappa shape index (κ3) is 4.10. The van der Waals surface area contributed by atoms with Crippen LogP contribution in [0.25, 0.3) is 0 Å². The van der Waals surface area contributed by atoms with Gasteiger partial charge in [-0.15, -0.1) is 0 Å². The number of aliphatic hydroxyl groups excluding tert-OH is 1. The van der Waals surface area contributed by atoms with Crippen LogP contribution in [0.3, 0.4) is 0 Å². The highest BCUT2D eigenvalue weighted by Gasteiger charge is 2.19. The molecule has 1 N–H and O–H groups in total. The lowest BCUT2D eigenvalue weighted by molar-refractivity contribution is 0.00277. The highest BCUT2D eigenvalue weighted by Crippen LogP contribution is 2.25. The quantitative estimate of drug-likeness (QED) is 0.855. The SMILES string of the molecule is COC(C)(C)CCC(O)c1ccc(C)c(F)c1. The van der Waals surface area contributed by atoms with Crippen molar-refractivity contribution in [2.24, 2.45) is 0 Å². The molecule has 0 aliphatic rings. The van der Waals surface area contributed by atoms with Gasteiger partial charge in [0.25, 0.3) is 0 Å². The lowest BCUT2D eigenvalue weighted by atomic mass is 9.96. The predicted molar refractivity (Wildman–Crippen MR) is 66.4 cm³/mol. The van der Waals surface area contributed by atoms with Gasteiger partial charge in [-0.05, 0) is 50.8 Å². The van der Waals surface area contributed by atoms with Gasteiger partial charge in [0.15, 0.2) is 0 Å². The summed E-state index contributed by atoms with van der Waals surface area (Å²) in [6.07, 6.45) is 0.642. The van der Waals surface area contributed by atoms with E-state index in [2.05, 4.69) is 0 Å². The molecular weight excluding hydrogens is 219 g/mol. The first kappa shape index (κ1) is 14.1. The van der Waals surface area contributed by atoms with E-state index in [1.54, 1.807) is 26.2 Å². The zero-order valence-corrected chi connectivity index (χ0v) is 11.0. The maximum absolute atomic E-state index is 13.3. The Kier molecular flexibility index (Phi) is 4.66. The first-order chi connectivity index (χ1) is 7.85. The molecule has 3 heteroatoms. The van der Waals surface area contributed by atoms with Crippen molar-refractivity contribution >= 4 is 0 Å². The minimum Gasteiger partial charge on any atom is -0.388 e. The first-order valence-electron chi connectivity index (χ1n) is 5.85. The van der Waals surface area contributed by atoms with Gasteiger partial charge in [-0.1, -0.05) is 12.1 Å². The van der Waals surface area contributed by atoms with E-state index in [4.69, 9.17) is 4.74 Å². The molecule has 1 aromatic carbocycles. The monoisotopic (exact) mass is 240 g/mol. The van der Waals surface area contributed by atoms with Gasteiger partial charge < -0.3 is 9.84 Å². The van der Waals surface area contributed by atoms with Crippen molar-refractivity contribution in [1.29, 1.82) is 0 Å². The second-order valence-electron chi connectivity index (χ2n) is 5.03. The molecule has 0 fully saturated rings. The van der Waals surface area contributed by atoms with E-state index in [-0.39, 0.29) is 11.4 Å². The van der Waals surface area contributed by atoms with Gasteiger partial charge in [-0.3, -0.25) is 0 Å². The van der Waals surface area contributed by atoms with Crippen LogP contribution in [-0.4, -0.2) is 17.8 Å². The molecule has 0 spiro atoms. The van der Waals surface area contributed by atoms with Crippen LogP contribution >= 0.6 is 0 Å². The van der Waals surface area contributed by atoms with Crippen molar-refractivity contribution in [1.82, 2.24) is 0 Å². The zero-order chi connectivity index (χ0) is 13.1. The fourth-order valence-electron chi connectivity index (χ4n) is 1.57. The Hall–Kier alpha value is -0.930. The number of methoxy groups -OCH3 is 1. The maximum atomic E-state index is 13.3. The molecule has 17 heavy (non-hydrogen) atoms. The van der Waals surface area contributed by atoms with E-state index >= 15 is 0 Å². The van der Waals surface area contributed by atoms with Crippen molar-refractivity contribution < 1.29 is 14.2 Å². The van der Waals surface area contributed by atoms with E-state index in [0.717, 1.165) is 6.42 Å². The third-order valence-corrected chi connectivity index (χ3v) is 3.15. The second-order valence-corrected chi connectivity index (χ2v) is 5.03. The molecule has 1 rings (SSSR count). The average molecular weight is 240 g/mol. The summed E-state index contributed by atoms with van der Waals surface area (Å²) in [5, 5.41) is 9.97. The van der Waals surface area contributed by atoms with E-state index in [9.17, 15) is 9.50 Å². The van der Waals surface area contributed by atoms with Gasteiger partial charge in [0.1, 0.15) is 5.82 Å². The van der Waals surface area contributed by atoms with Crippen molar-refractivity contribution in [3.63, 3.8) is 0 Å². The number of aliphatic hydroxyl groups is 1. The maximum Gasteiger partial charge on any atom is 0.126 e. The highest BCUT2D eigenvalue weighted by molar-refractivity contribution is 5.24. The first-order valence-corrected chi connectivity index (χ1v) is 5.85. The van der Waals surface area contributed by atoms with E-state index in [1.165, 1.54) is 6.07 Å². The Bertz CT molecular complexity index is 374. The van der Waals surface area contributed by atoms with Crippen molar-refractivity contribution in [3.8, 4) is 0 Å². The molecule has 1 unspecified atom stereocenters. The number of benzene rings is 1. The summed E-state index contributed by atoms with van der Waals surface area (Å²) >= 11 is 0. The van der Waals surface area contributed by atoms with Gasteiger partial charge in [0.05, 0.1) is 11.7 Å². The zero-order valence-electron chi connectivity index (χ0n) is 11.0. The number of rotatable bonds is 5. The molecule has 0 radical (unpaired) electrons. The summed E-state index contributed by atoms with van der Waals surface area (Å²) < 4.78 is 18.6. The largest absolute Gasteiger partial charge is 0.388 e. The topological polar surface area (TPSA) is 29.5 Å². The predicted octanol–water partition coefficient (Wildman–Crippen LogP) is 3.37. The smallest absolute Gasteiger partial charge is 0.126 e. The fraction of sp³-hybridized carbons (Fsp3) is 0.571. The summed E-state index contributed by atoms with van der Waals surface area (Å²) in [5.74, 6) is -0.271. The van der Waals surface area contributed by atoms with Crippen LogP contribution in [0, 0.1) is 12.7 Å². The molecule has 0 aliphatic heterocycles. The number of aryl methyl sites for hydroxylation is 1. The van der Waals surface area contributed by atoms with E-state index in [0.29, 0.717) is 17.5 Å². The molecule has 0 saturated heterocycles. The summed E-state index contributed by atoms with van der Waals surface area (Å²) in [5.41, 5.74) is 0.961. The summed E-state index contributed by atoms with van der Waals surface area (Å²) in [6.45, 7) is 5.64. The van der Waals surface area contributed by atoms with Crippen LogP contribution in [0.15, 0.2) is 18.2 Å². The van der Waals surface area contributed by atoms with Crippen molar-refractivity contribution in [2.75, 3.05) is 7.11 Å². The Morgan fingerprint density at radius 1 is 1.41 bits per heavy atom. The molecular formula is C14H21FO2. The summed E-state index contributed by atoms with van der Waals surface area (Å²) in [7, 11) is 1.65. The van der Waals surface area contributed by atoms with Crippen molar-refractivity contribution in [3.05, 3.63) is 35.1 Å². The van der Waals surface area contributed by atoms with Crippen LogP contribution in [0.4, 0.5) is 4.39 Å². The second kappa shape index (κ2) is 5.61. The normalized spacial score (nSPS) is 13.8.